The molecule has 2 heterocycles. The summed E-state index contributed by atoms with van der Waals surface area (Å²) < 4.78 is 4.56. The molecule has 28 heavy (non-hydrogen) atoms. The third-order valence-electron chi connectivity index (χ3n) is 5.39. The van der Waals surface area contributed by atoms with Crippen molar-refractivity contribution in [3.05, 3.63) is 96.1 Å². The molecule has 0 N–H and O–H groups in total. The van der Waals surface area contributed by atoms with Gasteiger partial charge in [0.1, 0.15) is 0 Å². The highest BCUT2D eigenvalue weighted by molar-refractivity contribution is 5.68. The van der Waals surface area contributed by atoms with Gasteiger partial charge in [-0.3, -0.25) is 0 Å². The molecule has 0 saturated carbocycles. The molecule has 0 fully saturated rings. The van der Waals surface area contributed by atoms with Gasteiger partial charge in [0, 0.05) is 24.3 Å². The highest BCUT2D eigenvalue weighted by atomic mass is 15.0. The van der Waals surface area contributed by atoms with Crippen molar-refractivity contribution in [2.45, 2.75) is 52.1 Å². The Morgan fingerprint density at radius 3 is 1.71 bits per heavy atom. The predicted octanol–water partition coefficient (Wildman–Crippen LogP) is 5.43. The van der Waals surface area contributed by atoms with E-state index in [9.17, 15) is 0 Å². The Morgan fingerprint density at radius 1 is 0.679 bits per heavy atom. The summed E-state index contributed by atoms with van der Waals surface area (Å²) in [6, 6.07) is 19.4. The highest BCUT2D eigenvalue weighted by Crippen LogP contribution is 2.21. The van der Waals surface area contributed by atoms with Crippen LogP contribution >= 0.6 is 0 Å². The Balaban J connectivity index is 1.48. The third kappa shape index (κ3) is 5.88. The molecular weight excluding hydrogens is 340 g/mol. The molecule has 0 amide bonds. The molecule has 3 aromatic rings. The van der Waals surface area contributed by atoms with E-state index in [1.165, 1.54) is 29.5 Å². The van der Waals surface area contributed by atoms with Crippen LogP contribution in [-0.4, -0.2) is 0 Å². The Labute approximate surface area is 169 Å². The lowest BCUT2D eigenvalue weighted by atomic mass is 9.95. The topological polar surface area (TPSA) is 7.76 Å². The Bertz CT molecular complexity index is 845. The number of aromatic nitrogens is 2. The van der Waals surface area contributed by atoms with E-state index in [1.54, 1.807) is 0 Å². The third-order valence-corrected chi connectivity index (χ3v) is 5.39. The maximum Gasteiger partial charge on any atom is 0.169 e. The molecule has 0 aliphatic carbocycles. The maximum absolute atomic E-state index is 2.30. The number of benzene rings is 1. The molecule has 0 radical (unpaired) electrons. The lowest BCUT2D eigenvalue weighted by Gasteiger charge is -2.11. The van der Waals surface area contributed by atoms with E-state index >= 15 is 0 Å². The number of aryl methyl sites for hydroxylation is 2. The second-order valence-electron chi connectivity index (χ2n) is 7.35. The molecule has 0 saturated heterocycles. The largest absolute Gasteiger partial charge is 0.205 e. The van der Waals surface area contributed by atoms with Crippen LogP contribution in [0.5, 0.6) is 0 Å². The average molecular weight is 373 g/mol. The van der Waals surface area contributed by atoms with Crippen molar-refractivity contribution in [3.63, 3.8) is 0 Å². The molecule has 3 rings (SSSR count). The van der Waals surface area contributed by atoms with Crippen LogP contribution < -0.4 is 9.13 Å². The molecular formula is C26H32N2+2. The van der Waals surface area contributed by atoms with Crippen LogP contribution in [0.2, 0.25) is 0 Å². The van der Waals surface area contributed by atoms with E-state index in [1.807, 2.05) is 6.07 Å². The van der Waals surface area contributed by atoms with Gasteiger partial charge in [-0.1, -0.05) is 56.3 Å². The van der Waals surface area contributed by atoms with E-state index in [4.69, 9.17) is 0 Å². The van der Waals surface area contributed by atoms with E-state index in [0.717, 1.165) is 19.5 Å². The number of rotatable bonds is 9. The van der Waals surface area contributed by atoms with Gasteiger partial charge >= 0.3 is 0 Å². The summed E-state index contributed by atoms with van der Waals surface area (Å²) in [4.78, 5) is 0. The fraction of sp³-hybridized carbons (Fsp3) is 0.308. The predicted molar refractivity (Wildman–Crippen MR) is 117 cm³/mol. The Kier molecular flexibility index (Phi) is 7.54. The van der Waals surface area contributed by atoms with Crippen molar-refractivity contribution in [2.75, 3.05) is 0 Å². The zero-order chi connectivity index (χ0) is 19.6. The minimum atomic E-state index is 0.694. The van der Waals surface area contributed by atoms with Crippen LogP contribution in [0.1, 0.15) is 55.7 Å². The SMILES string of the molecule is CCC(CC)c1cc[n+](CCC[n+]2ccc(C=Cc3ccccc3)cc2)cc1. The van der Waals surface area contributed by atoms with Gasteiger partial charge in [0.15, 0.2) is 37.9 Å². The molecule has 0 aliphatic rings. The van der Waals surface area contributed by atoms with Gasteiger partial charge in [-0.05, 0) is 35.4 Å². The van der Waals surface area contributed by atoms with Crippen LogP contribution in [0.3, 0.4) is 0 Å². The monoisotopic (exact) mass is 372 g/mol. The summed E-state index contributed by atoms with van der Waals surface area (Å²) in [5.41, 5.74) is 3.92. The number of nitrogens with zero attached hydrogens (tertiary/aromatic N) is 2. The second kappa shape index (κ2) is 10.6. The second-order valence-corrected chi connectivity index (χ2v) is 7.35. The molecule has 0 unspecified atom stereocenters. The van der Waals surface area contributed by atoms with Crippen LogP contribution in [0, 0.1) is 0 Å². The first-order valence-corrected chi connectivity index (χ1v) is 10.5. The molecule has 2 aromatic heterocycles. The molecule has 2 heteroatoms. The first-order chi connectivity index (χ1) is 13.8. The smallest absolute Gasteiger partial charge is 0.169 e. The van der Waals surface area contributed by atoms with Crippen LogP contribution in [0.25, 0.3) is 12.2 Å². The first kappa shape index (κ1) is 20.0. The van der Waals surface area contributed by atoms with Crippen LogP contribution in [0.4, 0.5) is 0 Å². The van der Waals surface area contributed by atoms with Crippen LogP contribution in [-0.2, 0) is 13.1 Å². The first-order valence-electron chi connectivity index (χ1n) is 10.5. The van der Waals surface area contributed by atoms with Crippen molar-refractivity contribution in [1.29, 1.82) is 0 Å². The summed E-state index contributed by atoms with van der Waals surface area (Å²) in [7, 11) is 0. The summed E-state index contributed by atoms with van der Waals surface area (Å²) in [6.45, 7) is 6.63. The van der Waals surface area contributed by atoms with Crippen molar-refractivity contribution in [2.24, 2.45) is 0 Å². The van der Waals surface area contributed by atoms with Gasteiger partial charge in [0.05, 0.1) is 6.42 Å². The standard InChI is InChI=1S/C26H32N2/c1-3-25(4-2)26-15-21-28(22-16-26)18-8-17-27-19-13-24(14-20-27)12-11-23-9-6-5-7-10-23/h5-7,9-16,19-22,25H,3-4,8,17-18H2,1-2H3/q+2. The maximum atomic E-state index is 2.30. The van der Waals surface area contributed by atoms with E-state index in [2.05, 4.69) is 108 Å². The lowest BCUT2D eigenvalue weighted by Crippen LogP contribution is -2.38. The fourth-order valence-corrected chi connectivity index (χ4v) is 3.57. The van der Waals surface area contributed by atoms with E-state index in [-0.39, 0.29) is 0 Å². The zero-order valence-electron chi connectivity index (χ0n) is 17.2. The van der Waals surface area contributed by atoms with Gasteiger partial charge in [-0.25, -0.2) is 9.13 Å². The quantitative estimate of drug-likeness (QED) is 0.443. The molecule has 1 aromatic carbocycles. The Hall–Kier alpha value is -2.74. The number of hydrogen-bond donors (Lipinski definition) is 0. The lowest BCUT2D eigenvalue weighted by molar-refractivity contribution is -0.726. The molecule has 0 bridgehead atoms. The van der Waals surface area contributed by atoms with Crippen molar-refractivity contribution in [3.8, 4) is 0 Å². The molecule has 0 aliphatic heterocycles. The van der Waals surface area contributed by atoms with Gasteiger partial charge < -0.3 is 0 Å². The molecule has 0 spiro atoms. The summed E-state index contributed by atoms with van der Waals surface area (Å²) in [5, 5.41) is 0. The number of hydrogen-bond acceptors (Lipinski definition) is 0. The molecule has 144 valence electrons. The summed E-state index contributed by atoms with van der Waals surface area (Å²) in [6.07, 6.45) is 16.7. The van der Waals surface area contributed by atoms with Crippen molar-refractivity contribution >= 4 is 12.2 Å². The van der Waals surface area contributed by atoms with Gasteiger partial charge in [-0.15, -0.1) is 0 Å². The number of pyridine rings is 2. The summed E-state index contributed by atoms with van der Waals surface area (Å²) >= 11 is 0. The average Bonchev–Trinajstić information content (AvgIpc) is 2.76. The van der Waals surface area contributed by atoms with Gasteiger partial charge in [0.2, 0.25) is 0 Å². The van der Waals surface area contributed by atoms with E-state index in [0.29, 0.717) is 5.92 Å². The van der Waals surface area contributed by atoms with Crippen molar-refractivity contribution in [1.82, 2.24) is 0 Å². The Morgan fingerprint density at radius 2 is 1.18 bits per heavy atom. The minimum absolute atomic E-state index is 0.694. The fourth-order valence-electron chi connectivity index (χ4n) is 3.57. The molecule has 2 nitrogen and oxygen atoms in total. The normalized spacial score (nSPS) is 11.4. The zero-order valence-corrected chi connectivity index (χ0v) is 17.2. The van der Waals surface area contributed by atoms with Crippen LogP contribution in [0.15, 0.2) is 79.4 Å². The van der Waals surface area contributed by atoms with Crippen molar-refractivity contribution < 1.29 is 9.13 Å². The molecule has 0 atom stereocenters. The highest BCUT2D eigenvalue weighted by Gasteiger charge is 2.09. The van der Waals surface area contributed by atoms with E-state index < -0.39 is 0 Å². The minimum Gasteiger partial charge on any atom is -0.205 e. The van der Waals surface area contributed by atoms with Gasteiger partial charge in [0.25, 0.3) is 0 Å². The summed E-state index contributed by atoms with van der Waals surface area (Å²) in [5.74, 6) is 0.694. The van der Waals surface area contributed by atoms with Gasteiger partial charge in [-0.2, -0.15) is 0 Å².